The van der Waals surface area contributed by atoms with Crippen LogP contribution in [-0.2, 0) is 11.2 Å². The Morgan fingerprint density at radius 2 is 2.07 bits per heavy atom. The summed E-state index contributed by atoms with van der Waals surface area (Å²) in [6, 6.07) is 7.89. The maximum absolute atomic E-state index is 13.8. The Morgan fingerprint density at radius 1 is 1.24 bits per heavy atom. The third-order valence-electron chi connectivity index (χ3n) is 7.93. The van der Waals surface area contributed by atoms with Crippen LogP contribution >= 0.6 is 0 Å². The second-order valence-corrected chi connectivity index (χ2v) is 9.71. The molecule has 4 fully saturated rings. The van der Waals surface area contributed by atoms with Crippen molar-refractivity contribution in [3.8, 4) is 0 Å². The SMILES string of the molecule is O=C(N1C[C@H]2C[C@@H](C1)[C@H](Cc1cccc(F)c1)N1CCCC[C@@H]21)C1(CO)CNC1. The molecule has 2 bridgehead atoms. The lowest BCUT2D eigenvalue weighted by Gasteiger charge is -2.58. The smallest absolute Gasteiger partial charge is 0.233 e. The van der Waals surface area contributed by atoms with Crippen LogP contribution in [0, 0.1) is 23.1 Å². The highest BCUT2D eigenvalue weighted by molar-refractivity contribution is 5.84. The van der Waals surface area contributed by atoms with Gasteiger partial charge in [-0.25, -0.2) is 4.39 Å². The van der Waals surface area contributed by atoms with Crippen LogP contribution in [0.1, 0.15) is 31.2 Å². The third kappa shape index (κ3) is 3.39. The Labute approximate surface area is 172 Å². The zero-order valence-corrected chi connectivity index (χ0v) is 17.0. The molecule has 4 aliphatic heterocycles. The van der Waals surface area contributed by atoms with E-state index in [1.54, 1.807) is 12.1 Å². The molecule has 0 spiro atoms. The van der Waals surface area contributed by atoms with Crippen LogP contribution < -0.4 is 5.32 Å². The molecular weight excluding hydrogens is 369 g/mol. The van der Waals surface area contributed by atoms with Crippen molar-refractivity contribution in [1.29, 1.82) is 0 Å². The fourth-order valence-corrected chi connectivity index (χ4v) is 6.35. The first-order valence-corrected chi connectivity index (χ1v) is 11.2. The Bertz CT molecular complexity index is 763. The summed E-state index contributed by atoms with van der Waals surface area (Å²) in [6.45, 7) is 3.79. The van der Waals surface area contributed by atoms with Gasteiger partial charge in [0.05, 0.1) is 12.0 Å². The molecule has 4 aliphatic rings. The number of fused-ring (bicyclic) bond motifs is 4. The van der Waals surface area contributed by atoms with Gasteiger partial charge in [0.25, 0.3) is 0 Å². The summed E-state index contributed by atoms with van der Waals surface area (Å²) in [5, 5.41) is 13.0. The highest BCUT2D eigenvalue weighted by atomic mass is 19.1. The van der Waals surface area contributed by atoms with Crippen molar-refractivity contribution in [2.75, 3.05) is 39.3 Å². The molecule has 6 heteroatoms. The van der Waals surface area contributed by atoms with E-state index in [1.807, 2.05) is 6.07 Å². The molecule has 2 N–H and O–H groups in total. The van der Waals surface area contributed by atoms with E-state index in [9.17, 15) is 14.3 Å². The molecule has 1 aromatic rings. The average Bonchev–Trinajstić information content (AvgIpc) is 2.70. The van der Waals surface area contributed by atoms with Crippen molar-refractivity contribution in [3.63, 3.8) is 0 Å². The zero-order chi connectivity index (χ0) is 20.0. The van der Waals surface area contributed by atoms with E-state index < -0.39 is 5.41 Å². The van der Waals surface area contributed by atoms with Crippen LogP contribution in [-0.4, -0.2) is 72.2 Å². The zero-order valence-electron chi connectivity index (χ0n) is 17.0. The van der Waals surface area contributed by atoms with Gasteiger partial charge >= 0.3 is 0 Å². The second kappa shape index (κ2) is 7.64. The van der Waals surface area contributed by atoms with E-state index in [-0.39, 0.29) is 18.3 Å². The van der Waals surface area contributed by atoms with Gasteiger partial charge in [-0.2, -0.15) is 0 Å². The molecular formula is C23H32FN3O2. The van der Waals surface area contributed by atoms with Gasteiger partial charge in [-0.3, -0.25) is 9.69 Å². The summed E-state index contributed by atoms with van der Waals surface area (Å²) in [5.74, 6) is 0.890. The van der Waals surface area contributed by atoms with Gasteiger partial charge in [0.15, 0.2) is 0 Å². The largest absolute Gasteiger partial charge is 0.395 e. The first kappa shape index (κ1) is 19.5. The van der Waals surface area contributed by atoms with E-state index >= 15 is 0 Å². The molecule has 0 aliphatic carbocycles. The van der Waals surface area contributed by atoms with Crippen LogP contribution in [0.5, 0.6) is 0 Å². The number of nitrogens with one attached hydrogen (secondary N) is 1. The number of benzene rings is 1. The highest BCUT2D eigenvalue weighted by Crippen LogP contribution is 2.43. The van der Waals surface area contributed by atoms with Crippen molar-refractivity contribution in [1.82, 2.24) is 15.1 Å². The maximum atomic E-state index is 13.8. The van der Waals surface area contributed by atoms with Crippen LogP contribution in [0.25, 0.3) is 0 Å². The second-order valence-electron chi connectivity index (χ2n) is 9.71. The van der Waals surface area contributed by atoms with Crippen LogP contribution in [0.15, 0.2) is 24.3 Å². The number of aliphatic hydroxyl groups is 1. The van der Waals surface area contributed by atoms with Gasteiger partial charge in [-0.05, 0) is 61.8 Å². The maximum Gasteiger partial charge on any atom is 0.233 e. The van der Waals surface area contributed by atoms with Crippen LogP contribution in [0.3, 0.4) is 0 Å². The van der Waals surface area contributed by atoms with Crippen LogP contribution in [0.4, 0.5) is 4.39 Å². The highest BCUT2D eigenvalue weighted by Gasteiger charge is 2.52. The lowest BCUT2D eigenvalue weighted by atomic mass is 9.70. The third-order valence-corrected chi connectivity index (χ3v) is 7.93. The Hall–Kier alpha value is -1.50. The number of carbonyl (C=O) groups excluding carboxylic acids is 1. The molecule has 4 saturated heterocycles. The minimum atomic E-state index is -0.615. The van der Waals surface area contributed by atoms with Crippen molar-refractivity contribution >= 4 is 5.91 Å². The lowest BCUT2D eigenvalue weighted by Crippen LogP contribution is -2.69. The van der Waals surface area contributed by atoms with Crippen molar-refractivity contribution in [2.45, 2.75) is 44.2 Å². The number of carbonyl (C=O) groups is 1. The van der Waals surface area contributed by atoms with Crippen molar-refractivity contribution in [2.24, 2.45) is 17.3 Å². The van der Waals surface area contributed by atoms with Gasteiger partial charge in [-0.1, -0.05) is 18.6 Å². The molecule has 158 valence electrons. The summed E-state index contributed by atoms with van der Waals surface area (Å²) in [6.07, 6.45) is 5.70. The molecule has 29 heavy (non-hydrogen) atoms. The minimum Gasteiger partial charge on any atom is -0.395 e. The molecule has 1 aromatic carbocycles. The summed E-state index contributed by atoms with van der Waals surface area (Å²) in [7, 11) is 0. The van der Waals surface area contributed by atoms with Gasteiger partial charge in [0, 0.05) is 38.3 Å². The topological polar surface area (TPSA) is 55.8 Å². The molecule has 0 unspecified atom stereocenters. The predicted octanol–water partition coefficient (Wildman–Crippen LogP) is 1.65. The number of amides is 1. The van der Waals surface area contributed by atoms with Crippen LogP contribution in [0.2, 0.25) is 0 Å². The molecule has 5 nitrogen and oxygen atoms in total. The number of piperidine rings is 3. The standard InChI is InChI=1S/C23H32FN3O2/c24-19-5-3-4-16(8-19)9-21-18-10-17(20-6-1-2-7-27(20)21)11-26(12-18)22(29)23(15-28)13-25-14-23/h3-5,8,17-18,20-21,25,28H,1-2,6-7,9-15H2/t17-,18+,20+,21+/m1/s1. The monoisotopic (exact) mass is 401 g/mol. The predicted molar refractivity (Wildman–Crippen MR) is 109 cm³/mol. The Kier molecular flexibility index (Phi) is 5.13. The fraction of sp³-hybridized carbons (Fsp3) is 0.696. The van der Waals surface area contributed by atoms with Gasteiger partial charge < -0.3 is 15.3 Å². The van der Waals surface area contributed by atoms with E-state index in [0.717, 1.165) is 38.0 Å². The lowest BCUT2D eigenvalue weighted by molar-refractivity contribution is -0.157. The van der Waals surface area contributed by atoms with E-state index in [2.05, 4.69) is 15.1 Å². The quantitative estimate of drug-likeness (QED) is 0.806. The molecule has 4 heterocycles. The molecule has 4 atom stereocenters. The Balaban J connectivity index is 1.40. The average molecular weight is 402 g/mol. The minimum absolute atomic E-state index is 0.0764. The van der Waals surface area contributed by atoms with E-state index in [1.165, 1.54) is 25.3 Å². The molecule has 0 saturated carbocycles. The number of rotatable bonds is 4. The van der Waals surface area contributed by atoms with Crippen molar-refractivity contribution in [3.05, 3.63) is 35.6 Å². The molecule has 0 aromatic heterocycles. The number of hydrogen-bond donors (Lipinski definition) is 2. The molecule has 0 radical (unpaired) electrons. The summed E-state index contributed by atoms with van der Waals surface area (Å²) in [5.41, 5.74) is 0.437. The Morgan fingerprint density at radius 3 is 2.79 bits per heavy atom. The van der Waals surface area contributed by atoms with E-state index in [0.29, 0.717) is 37.0 Å². The number of hydrogen-bond acceptors (Lipinski definition) is 4. The van der Waals surface area contributed by atoms with E-state index in [4.69, 9.17) is 0 Å². The van der Waals surface area contributed by atoms with Gasteiger partial charge in [0.2, 0.25) is 5.91 Å². The first-order valence-electron chi connectivity index (χ1n) is 11.2. The fourth-order valence-electron chi connectivity index (χ4n) is 6.35. The number of nitrogens with zero attached hydrogens (tertiary/aromatic N) is 2. The summed E-state index contributed by atoms with van der Waals surface area (Å²) < 4.78 is 13.8. The number of aliphatic hydroxyl groups excluding tert-OH is 1. The molecule has 5 rings (SSSR count). The normalized spacial score (nSPS) is 33.7. The first-order chi connectivity index (χ1) is 14.1. The molecule has 1 amide bonds. The summed E-state index contributed by atoms with van der Waals surface area (Å²) >= 11 is 0. The number of likely N-dealkylation sites (tertiary alicyclic amines) is 1. The van der Waals surface area contributed by atoms with Gasteiger partial charge in [0.1, 0.15) is 5.82 Å². The van der Waals surface area contributed by atoms with Gasteiger partial charge in [-0.15, -0.1) is 0 Å². The van der Waals surface area contributed by atoms with Crippen molar-refractivity contribution < 1.29 is 14.3 Å². The summed E-state index contributed by atoms with van der Waals surface area (Å²) in [4.78, 5) is 18.0. The number of halogens is 1.